The Morgan fingerprint density at radius 2 is 1.68 bits per heavy atom. The molecule has 0 radical (unpaired) electrons. The summed E-state index contributed by atoms with van der Waals surface area (Å²) in [7, 11) is 3.74. The van der Waals surface area contributed by atoms with Crippen LogP contribution in [0.1, 0.15) is 19.8 Å². The predicted octanol–water partition coefficient (Wildman–Crippen LogP) is 0.907. The monoisotopic (exact) mass is 287 g/mol. The van der Waals surface area contributed by atoms with E-state index in [1.165, 1.54) is 19.5 Å². The van der Waals surface area contributed by atoms with Gasteiger partial charge in [0.1, 0.15) is 0 Å². The fraction of sp³-hybridized carbons (Fsp3) is 1.00. The Labute approximate surface area is 118 Å². The molecule has 2 saturated heterocycles. The summed E-state index contributed by atoms with van der Waals surface area (Å²) in [6.45, 7) is 8.05. The van der Waals surface area contributed by atoms with Crippen LogP contribution in [0.15, 0.2) is 0 Å². The average Bonchev–Trinajstić information content (AvgIpc) is 2.86. The first-order valence-electron chi connectivity index (χ1n) is 7.46. The van der Waals surface area contributed by atoms with E-state index in [0.29, 0.717) is 6.17 Å². The first-order valence-corrected chi connectivity index (χ1v) is 9.43. The second-order valence-corrected chi connectivity index (χ2v) is 8.96. The van der Waals surface area contributed by atoms with Crippen molar-refractivity contribution < 1.29 is 8.85 Å². The summed E-state index contributed by atoms with van der Waals surface area (Å²) in [6.07, 6.45) is 2.84. The lowest BCUT2D eigenvalue weighted by Gasteiger charge is -2.45. The molecule has 19 heavy (non-hydrogen) atoms. The van der Waals surface area contributed by atoms with Crippen LogP contribution in [0.4, 0.5) is 0 Å². The van der Waals surface area contributed by atoms with E-state index in [0.717, 1.165) is 32.1 Å². The van der Waals surface area contributed by atoms with Gasteiger partial charge in [0.05, 0.1) is 6.17 Å². The first-order chi connectivity index (χ1) is 9.16. The minimum absolute atomic E-state index is 0.489. The van der Waals surface area contributed by atoms with Crippen LogP contribution in [0.25, 0.3) is 0 Å². The number of hydrogen-bond acceptors (Lipinski definition) is 5. The van der Waals surface area contributed by atoms with Gasteiger partial charge in [0.15, 0.2) is 0 Å². The normalized spacial score (nSPS) is 27.8. The van der Waals surface area contributed by atoms with Crippen molar-refractivity contribution >= 4 is 8.72 Å². The Balaban J connectivity index is 2.08. The molecule has 0 bridgehead atoms. The van der Waals surface area contributed by atoms with E-state index in [2.05, 4.69) is 28.3 Å². The molecule has 0 saturated carbocycles. The zero-order valence-corrected chi connectivity index (χ0v) is 13.9. The van der Waals surface area contributed by atoms with E-state index in [1.54, 1.807) is 0 Å². The zero-order valence-electron chi connectivity index (χ0n) is 12.9. The summed E-state index contributed by atoms with van der Waals surface area (Å²) in [5.74, 6) is 0. The molecule has 0 aromatic heterocycles. The molecule has 0 spiro atoms. The quantitative estimate of drug-likeness (QED) is 0.701. The molecule has 0 aliphatic carbocycles. The lowest BCUT2D eigenvalue weighted by Crippen LogP contribution is -2.63. The van der Waals surface area contributed by atoms with Crippen LogP contribution in [-0.2, 0) is 8.85 Å². The van der Waals surface area contributed by atoms with E-state index in [-0.39, 0.29) is 0 Å². The second kappa shape index (κ2) is 6.65. The highest BCUT2D eigenvalue weighted by molar-refractivity contribution is 6.65. The van der Waals surface area contributed by atoms with Crippen LogP contribution >= 0.6 is 0 Å². The van der Waals surface area contributed by atoms with E-state index >= 15 is 0 Å². The van der Waals surface area contributed by atoms with Gasteiger partial charge in [-0.1, -0.05) is 6.92 Å². The summed E-state index contributed by atoms with van der Waals surface area (Å²) in [6, 6.07) is 1.10. The van der Waals surface area contributed by atoms with Crippen molar-refractivity contribution in [2.75, 3.05) is 54.0 Å². The van der Waals surface area contributed by atoms with Gasteiger partial charge >= 0.3 is 8.72 Å². The second-order valence-electron chi connectivity index (χ2n) is 5.65. The molecule has 2 fully saturated rings. The third kappa shape index (κ3) is 3.04. The van der Waals surface area contributed by atoms with Crippen LogP contribution in [0.5, 0.6) is 0 Å². The highest BCUT2D eigenvalue weighted by Gasteiger charge is 2.51. The molecule has 1 unspecified atom stereocenters. The van der Waals surface area contributed by atoms with Gasteiger partial charge in [-0.3, -0.25) is 9.47 Å². The Kier molecular flexibility index (Phi) is 5.39. The summed E-state index contributed by atoms with van der Waals surface area (Å²) in [5, 5.41) is 0. The van der Waals surface area contributed by atoms with Crippen LogP contribution in [0, 0.1) is 0 Å². The van der Waals surface area contributed by atoms with E-state index in [1.807, 2.05) is 14.2 Å². The summed E-state index contributed by atoms with van der Waals surface area (Å²) >= 11 is 0. The Bertz CT molecular complexity index is 281. The van der Waals surface area contributed by atoms with Gasteiger partial charge in [-0.2, -0.15) is 0 Å². The van der Waals surface area contributed by atoms with E-state index in [4.69, 9.17) is 8.85 Å². The molecule has 112 valence electrons. The maximum atomic E-state index is 5.86. The van der Waals surface area contributed by atoms with Crippen molar-refractivity contribution in [2.24, 2.45) is 0 Å². The molecule has 0 aromatic rings. The molecule has 0 aromatic carbocycles. The topological polar surface area (TPSA) is 28.2 Å². The molecule has 2 aliphatic heterocycles. The van der Waals surface area contributed by atoms with Crippen LogP contribution in [0.3, 0.4) is 0 Å². The standard InChI is InChI=1S/C13H29N3O2Si/c1-5-13(15-10-8-14(2)9-11-15)16-7-6-12-19(16,17-3)18-4/h13H,5-12H2,1-4H3. The predicted molar refractivity (Wildman–Crippen MR) is 79.1 cm³/mol. The highest BCUT2D eigenvalue weighted by atomic mass is 28.4. The van der Waals surface area contributed by atoms with Gasteiger partial charge in [0.2, 0.25) is 0 Å². The van der Waals surface area contributed by atoms with Gasteiger partial charge in [-0.25, -0.2) is 0 Å². The third-order valence-electron chi connectivity index (χ3n) is 4.65. The Hall–Kier alpha value is 0.0169. The molecule has 2 rings (SSSR count). The lowest BCUT2D eigenvalue weighted by atomic mass is 10.2. The Morgan fingerprint density at radius 1 is 1.05 bits per heavy atom. The fourth-order valence-electron chi connectivity index (χ4n) is 3.48. The van der Waals surface area contributed by atoms with Crippen molar-refractivity contribution in [1.82, 2.24) is 14.4 Å². The number of nitrogens with zero attached hydrogens (tertiary/aromatic N) is 3. The minimum atomic E-state index is -2.12. The van der Waals surface area contributed by atoms with E-state index < -0.39 is 8.72 Å². The number of hydrogen-bond donors (Lipinski definition) is 0. The molecule has 2 heterocycles. The third-order valence-corrected chi connectivity index (χ3v) is 8.31. The zero-order chi connectivity index (χ0) is 13.9. The molecule has 0 amide bonds. The lowest BCUT2D eigenvalue weighted by molar-refractivity contribution is 0.0262. The maximum Gasteiger partial charge on any atom is 0.428 e. The van der Waals surface area contributed by atoms with Gasteiger partial charge in [0, 0.05) is 46.4 Å². The van der Waals surface area contributed by atoms with Gasteiger partial charge in [-0.05, 0) is 26.4 Å². The van der Waals surface area contributed by atoms with Crippen molar-refractivity contribution in [3.05, 3.63) is 0 Å². The molecule has 5 nitrogen and oxygen atoms in total. The molecule has 6 heteroatoms. The molecular formula is C13H29N3O2Si. The maximum absolute atomic E-state index is 5.86. The van der Waals surface area contributed by atoms with Crippen molar-refractivity contribution in [3.63, 3.8) is 0 Å². The van der Waals surface area contributed by atoms with Gasteiger partial charge in [-0.15, -0.1) is 0 Å². The van der Waals surface area contributed by atoms with Crippen molar-refractivity contribution in [1.29, 1.82) is 0 Å². The van der Waals surface area contributed by atoms with Crippen LogP contribution < -0.4 is 0 Å². The average molecular weight is 287 g/mol. The summed E-state index contributed by atoms with van der Waals surface area (Å²) in [5.41, 5.74) is 0. The number of piperazine rings is 1. The van der Waals surface area contributed by atoms with E-state index in [9.17, 15) is 0 Å². The minimum Gasteiger partial charge on any atom is -0.386 e. The molecule has 2 aliphatic rings. The molecule has 0 N–H and O–H groups in total. The van der Waals surface area contributed by atoms with Gasteiger partial charge < -0.3 is 13.8 Å². The molecule has 1 atom stereocenters. The van der Waals surface area contributed by atoms with Crippen LogP contribution in [-0.4, -0.2) is 83.2 Å². The summed E-state index contributed by atoms with van der Waals surface area (Å²) in [4.78, 5) is 5.02. The fourth-order valence-corrected chi connectivity index (χ4v) is 6.72. The molecular weight excluding hydrogens is 258 g/mol. The highest BCUT2D eigenvalue weighted by Crippen LogP contribution is 2.31. The summed E-state index contributed by atoms with van der Waals surface area (Å²) < 4.78 is 14.3. The number of rotatable bonds is 5. The smallest absolute Gasteiger partial charge is 0.386 e. The van der Waals surface area contributed by atoms with Crippen LogP contribution in [0.2, 0.25) is 6.04 Å². The number of likely N-dealkylation sites (N-methyl/N-ethyl adjacent to an activating group) is 1. The first kappa shape index (κ1) is 15.4. The largest absolute Gasteiger partial charge is 0.428 e. The van der Waals surface area contributed by atoms with Gasteiger partial charge in [0.25, 0.3) is 0 Å². The van der Waals surface area contributed by atoms with Crippen molar-refractivity contribution in [2.45, 2.75) is 32.0 Å². The SMILES string of the molecule is CCC(N1CCN(C)CC1)N1CCC[Si]1(OC)OC. The van der Waals surface area contributed by atoms with Crippen molar-refractivity contribution in [3.8, 4) is 0 Å². The Morgan fingerprint density at radius 3 is 2.21 bits per heavy atom.